The van der Waals surface area contributed by atoms with Gasteiger partial charge in [-0.3, -0.25) is 4.79 Å². The fraction of sp³-hybridized carbons (Fsp3) is 0.316. The van der Waals surface area contributed by atoms with Gasteiger partial charge in [-0.1, -0.05) is 30.3 Å². The van der Waals surface area contributed by atoms with Crippen molar-refractivity contribution < 1.29 is 9.53 Å². The lowest BCUT2D eigenvalue weighted by Gasteiger charge is -2.37. The number of benzene rings is 2. The van der Waals surface area contributed by atoms with Crippen LogP contribution in [0.5, 0.6) is 5.75 Å². The van der Waals surface area contributed by atoms with Crippen LogP contribution < -0.4 is 4.74 Å². The third kappa shape index (κ3) is 2.27. The van der Waals surface area contributed by atoms with E-state index in [2.05, 4.69) is 32.9 Å². The summed E-state index contributed by atoms with van der Waals surface area (Å²) in [5.74, 6) is 0.863. The van der Waals surface area contributed by atoms with Crippen molar-refractivity contribution >= 4 is 5.91 Å². The second kappa shape index (κ2) is 5.16. The molecule has 0 saturated carbocycles. The molecule has 1 unspecified atom stereocenters. The molecule has 0 aliphatic carbocycles. The Bertz CT molecular complexity index is 701. The smallest absolute Gasteiger partial charge is 0.255 e. The molecule has 1 aliphatic rings. The number of methoxy groups -OCH3 is 1. The second-order valence-electron chi connectivity index (χ2n) is 6.61. The van der Waals surface area contributed by atoms with E-state index in [0.717, 1.165) is 22.4 Å². The van der Waals surface area contributed by atoms with Crippen molar-refractivity contribution in [2.24, 2.45) is 0 Å². The summed E-state index contributed by atoms with van der Waals surface area (Å²) in [7, 11) is 1.65. The van der Waals surface area contributed by atoms with Crippen LogP contribution in [0.3, 0.4) is 0 Å². The van der Waals surface area contributed by atoms with Gasteiger partial charge in [0.15, 0.2) is 0 Å². The Morgan fingerprint density at radius 2 is 1.73 bits per heavy atom. The number of nitrogens with zero attached hydrogens (tertiary/aromatic N) is 1. The van der Waals surface area contributed by atoms with E-state index in [0.29, 0.717) is 0 Å². The fourth-order valence-corrected chi connectivity index (χ4v) is 3.13. The third-order valence-corrected chi connectivity index (χ3v) is 4.10. The van der Waals surface area contributed by atoms with Crippen LogP contribution in [0.1, 0.15) is 48.3 Å². The maximum atomic E-state index is 12.9. The molecular weight excluding hydrogens is 274 g/mol. The van der Waals surface area contributed by atoms with Crippen LogP contribution in [0.15, 0.2) is 48.5 Å². The molecule has 2 aromatic rings. The Labute approximate surface area is 131 Å². The van der Waals surface area contributed by atoms with Crippen molar-refractivity contribution in [1.29, 1.82) is 0 Å². The number of carbonyl (C=O) groups excluding carboxylic acids is 1. The molecule has 1 amide bonds. The zero-order valence-electron chi connectivity index (χ0n) is 13.5. The Hall–Kier alpha value is -2.29. The van der Waals surface area contributed by atoms with E-state index in [4.69, 9.17) is 4.74 Å². The number of ether oxygens (including phenoxy) is 1. The summed E-state index contributed by atoms with van der Waals surface area (Å²) >= 11 is 0. The summed E-state index contributed by atoms with van der Waals surface area (Å²) in [4.78, 5) is 14.9. The van der Waals surface area contributed by atoms with E-state index in [1.165, 1.54) is 0 Å². The van der Waals surface area contributed by atoms with Gasteiger partial charge in [0, 0.05) is 11.1 Å². The van der Waals surface area contributed by atoms with Gasteiger partial charge in [0.2, 0.25) is 0 Å². The summed E-state index contributed by atoms with van der Waals surface area (Å²) in [6.45, 7) is 6.22. The van der Waals surface area contributed by atoms with E-state index in [-0.39, 0.29) is 17.5 Å². The molecule has 0 radical (unpaired) electrons. The monoisotopic (exact) mass is 295 g/mol. The van der Waals surface area contributed by atoms with Crippen LogP contribution in [0.4, 0.5) is 0 Å². The molecule has 2 aromatic carbocycles. The number of carbonyl (C=O) groups is 1. The average molecular weight is 295 g/mol. The molecule has 22 heavy (non-hydrogen) atoms. The highest BCUT2D eigenvalue weighted by molar-refractivity contribution is 6.00. The minimum absolute atomic E-state index is 0.0706. The van der Waals surface area contributed by atoms with E-state index in [1.807, 2.05) is 41.3 Å². The quantitative estimate of drug-likeness (QED) is 0.837. The molecule has 0 saturated heterocycles. The molecule has 0 spiro atoms. The van der Waals surface area contributed by atoms with Crippen LogP contribution in [-0.2, 0) is 0 Å². The molecule has 3 nitrogen and oxygen atoms in total. The van der Waals surface area contributed by atoms with Gasteiger partial charge in [-0.15, -0.1) is 0 Å². The van der Waals surface area contributed by atoms with Crippen LogP contribution in [0.25, 0.3) is 0 Å². The zero-order chi connectivity index (χ0) is 15.9. The van der Waals surface area contributed by atoms with E-state index in [9.17, 15) is 4.79 Å². The Balaban J connectivity index is 2.21. The van der Waals surface area contributed by atoms with Crippen LogP contribution in [-0.4, -0.2) is 23.5 Å². The zero-order valence-corrected chi connectivity index (χ0v) is 13.5. The van der Waals surface area contributed by atoms with Crippen molar-refractivity contribution in [3.05, 3.63) is 65.2 Å². The lowest BCUT2D eigenvalue weighted by molar-refractivity contribution is 0.0552. The standard InChI is InChI=1S/C19H21NO2/c1-19(2,3)20-17(13-8-6-5-7-9-13)16-12-14(22-4)10-11-15(16)18(20)21/h5-12,17H,1-4H3. The predicted molar refractivity (Wildman–Crippen MR) is 87.2 cm³/mol. The second-order valence-corrected chi connectivity index (χ2v) is 6.61. The molecule has 0 aromatic heterocycles. The topological polar surface area (TPSA) is 29.5 Å². The van der Waals surface area contributed by atoms with E-state index < -0.39 is 0 Å². The van der Waals surface area contributed by atoms with Crippen molar-refractivity contribution in [3.8, 4) is 5.75 Å². The lowest BCUT2D eigenvalue weighted by Crippen LogP contribution is -2.44. The van der Waals surface area contributed by atoms with Crippen LogP contribution >= 0.6 is 0 Å². The minimum atomic E-state index is -0.260. The molecular formula is C19H21NO2. The molecule has 114 valence electrons. The van der Waals surface area contributed by atoms with Crippen molar-refractivity contribution in [2.75, 3.05) is 7.11 Å². The normalized spacial score (nSPS) is 17.5. The minimum Gasteiger partial charge on any atom is -0.497 e. The van der Waals surface area contributed by atoms with Gasteiger partial charge in [0.05, 0.1) is 13.2 Å². The largest absolute Gasteiger partial charge is 0.497 e. The number of rotatable bonds is 2. The molecule has 0 fully saturated rings. The van der Waals surface area contributed by atoms with Gasteiger partial charge in [-0.2, -0.15) is 0 Å². The summed E-state index contributed by atoms with van der Waals surface area (Å²) < 4.78 is 5.35. The highest BCUT2D eigenvalue weighted by Crippen LogP contribution is 2.43. The predicted octanol–water partition coefficient (Wildman–Crippen LogP) is 4.04. The lowest BCUT2D eigenvalue weighted by atomic mass is 9.95. The molecule has 3 heteroatoms. The number of amides is 1. The van der Waals surface area contributed by atoms with Crippen molar-refractivity contribution in [1.82, 2.24) is 4.90 Å². The highest BCUT2D eigenvalue weighted by atomic mass is 16.5. The Kier molecular flexibility index (Phi) is 3.44. The van der Waals surface area contributed by atoms with Gasteiger partial charge < -0.3 is 9.64 Å². The Morgan fingerprint density at radius 1 is 1.05 bits per heavy atom. The van der Waals surface area contributed by atoms with Gasteiger partial charge in [-0.05, 0) is 50.1 Å². The number of hydrogen-bond acceptors (Lipinski definition) is 2. The summed E-state index contributed by atoms with van der Waals surface area (Å²) in [6.07, 6.45) is 0. The summed E-state index contributed by atoms with van der Waals surface area (Å²) in [5.41, 5.74) is 2.65. The van der Waals surface area contributed by atoms with Crippen molar-refractivity contribution in [2.45, 2.75) is 32.4 Å². The maximum absolute atomic E-state index is 12.9. The molecule has 1 aliphatic heterocycles. The molecule has 0 bridgehead atoms. The van der Waals surface area contributed by atoms with Gasteiger partial charge in [0.25, 0.3) is 5.91 Å². The maximum Gasteiger partial charge on any atom is 0.255 e. The van der Waals surface area contributed by atoms with Gasteiger partial charge >= 0.3 is 0 Å². The first-order valence-electron chi connectivity index (χ1n) is 7.50. The van der Waals surface area contributed by atoms with Gasteiger partial charge in [-0.25, -0.2) is 0 Å². The first kappa shape index (κ1) is 14.6. The summed E-state index contributed by atoms with van der Waals surface area (Å²) in [5, 5.41) is 0. The van der Waals surface area contributed by atoms with Crippen LogP contribution in [0.2, 0.25) is 0 Å². The van der Waals surface area contributed by atoms with E-state index in [1.54, 1.807) is 7.11 Å². The average Bonchev–Trinajstić information content (AvgIpc) is 2.80. The van der Waals surface area contributed by atoms with Gasteiger partial charge in [0.1, 0.15) is 5.75 Å². The highest BCUT2D eigenvalue weighted by Gasteiger charge is 2.43. The molecule has 1 heterocycles. The van der Waals surface area contributed by atoms with E-state index >= 15 is 0 Å². The third-order valence-electron chi connectivity index (χ3n) is 4.10. The summed E-state index contributed by atoms with van der Waals surface area (Å²) in [6, 6.07) is 15.8. The molecule has 1 atom stereocenters. The first-order chi connectivity index (χ1) is 10.4. The van der Waals surface area contributed by atoms with Crippen LogP contribution in [0, 0.1) is 0 Å². The molecule has 0 N–H and O–H groups in total. The molecule has 3 rings (SSSR count). The number of hydrogen-bond donors (Lipinski definition) is 0. The first-order valence-corrected chi connectivity index (χ1v) is 7.50. The Morgan fingerprint density at radius 3 is 2.32 bits per heavy atom. The van der Waals surface area contributed by atoms with Crippen molar-refractivity contribution in [3.63, 3.8) is 0 Å². The number of fused-ring (bicyclic) bond motifs is 1. The fourth-order valence-electron chi connectivity index (χ4n) is 3.13. The SMILES string of the molecule is COc1ccc2c(c1)C(c1ccccc1)N(C(C)(C)C)C2=O.